The summed E-state index contributed by atoms with van der Waals surface area (Å²) in [5.41, 5.74) is 8.39. The average molecular weight is 480 g/mol. The van der Waals surface area contributed by atoms with Gasteiger partial charge in [-0.15, -0.1) is 0 Å². The highest BCUT2D eigenvalue weighted by Gasteiger charge is 2.20. The SMILES string of the molecule is COc1ccc(-c2ccc3c4c2ccc2c(-c5ccc(OC)cc5)ccc(c24)n3-c2ccccc2)cc1. The summed E-state index contributed by atoms with van der Waals surface area (Å²) in [6.07, 6.45) is 0. The van der Waals surface area contributed by atoms with E-state index in [1.807, 2.05) is 24.3 Å². The zero-order chi connectivity index (χ0) is 24.9. The van der Waals surface area contributed by atoms with Crippen LogP contribution in [0.15, 0.2) is 115 Å². The standard InChI is InChI=1S/C34H25NO2/c1-36-25-12-8-22(9-13-25)27-18-20-31-33-29(27)16-17-30-28(23-10-14-26(37-2)15-11-23)19-21-32(34(30)33)35(31)24-6-4-3-5-7-24/h3-21H,1-2H3. The van der Waals surface area contributed by atoms with Crippen molar-refractivity contribution in [2.75, 3.05) is 14.2 Å². The van der Waals surface area contributed by atoms with Crippen molar-refractivity contribution in [3.05, 3.63) is 115 Å². The Balaban J connectivity index is 1.57. The first kappa shape index (κ1) is 21.5. The summed E-state index contributed by atoms with van der Waals surface area (Å²) in [7, 11) is 3.40. The van der Waals surface area contributed by atoms with Gasteiger partial charge in [0.1, 0.15) is 11.5 Å². The maximum Gasteiger partial charge on any atom is 0.118 e. The molecule has 0 fully saturated rings. The molecule has 0 atom stereocenters. The van der Waals surface area contributed by atoms with Crippen molar-refractivity contribution in [3.8, 4) is 39.4 Å². The van der Waals surface area contributed by atoms with Crippen molar-refractivity contribution in [1.29, 1.82) is 0 Å². The van der Waals surface area contributed by atoms with E-state index < -0.39 is 0 Å². The van der Waals surface area contributed by atoms with Crippen molar-refractivity contribution < 1.29 is 9.47 Å². The molecule has 178 valence electrons. The fourth-order valence-electron chi connectivity index (χ4n) is 5.66. The Morgan fingerprint density at radius 3 is 1.35 bits per heavy atom. The molecule has 0 unspecified atom stereocenters. The van der Waals surface area contributed by atoms with Gasteiger partial charge in [0, 0.05) is 16.5 Å². The predicted molar refractivity (Wildman–Crippen MR) is 153 cm³/mol. The van der Waals surface area contributed by atoms with E-state index in [9.17, 15) is 0 Å². The van der Waals surface area contributed by atoms with Gasteiger partial charge < -0.3 is 14.0 Å². The van der Waals surface area contributed by atoms with Gasteiger partial charge in [0.15, 0.2) is 0 Å². The van der Waals surface area contributed by atoms with Gasteiger partial charge in [-0.3, -0.25) is 0 Å². The van der Waals surface area contributed by atoms with Crippen LogP contribution in [0.5, 0.6) is 11.5 Å². The van der Waals surface area contributed by atoms with E-state index in [1.54, 1.807) is 14.2 Å². The third-order valence-corrected chi connectivity index (χ3v) is 7.41. The van der Waals surface area contributed by atoms with Crippen LogP contribution < -0.4 is 9.47 Å². The summed E-state index contributed by atoms with van der Waals surface area (Å²) in [5, 5.41) is 5.09. The topological polar surface area (TPSA) is 23.4 Å². The minimum Gasteiger partial charge on any atom is -0.497 e. The Labute approximate surface area is 215 Å². The number of aromatic nitrogens is 1. The summed E-state index contributed by atoms with van der Waals surface area (Å²) in [5.74, 6) is 1.72. The van der Waals surface area contributed by atoms with Gasteiger partial charge in [-0.05, 0) is 81.6 Å². The summed E-state index contributed by atoms with van der Waals surface area (Å²) >= 11 is 0. The van der Waals surface area contributed by atoms with E-state index >= 15 is 0 Å². The molecule has 0 aliphatic rings. The van der Waals surface area contributed by atoms with E-state index in [2.05, 4.69) is 95.6 Å². The Bertz CT molecular complexity index is 1750. The number of hydrogen-bond acceptors (Lipinski definition) is 2. The quantitative estimate of drug-likeness (QED) is 0.230. The fraction of sp³-hybridized carbons (Fsp3) is 0.0588. The molecule has 0 spiro atoms. The van der Waals surface area contributed by atoms with Crippen LogP contribution in [-0.4, -0.2) is 18.8 Å². The number of methoxy groups -OCH3 is 2. The smallest absolute Gasteiger partial charge is 0.118 e. The third kappa shape index (κ3) is 3.28. The molecule has 0 amide bonds. The lowest BCUT2D eigenvalue weighted by molar-refractivity contribution is 0.415. The van der Waals surface area contributed by atoms with E-state index in [1.165, 1.54) is 54.8 Å². The van der Waals surface area contributed by atoms with Gasteiger partial charge in [0.05, 0.1) is 25.3 Å². The number of nitrogens with zero attached hydrogens (tertiary/aromatic N) is 1. The molecule has 1 heterocycles. The van der Waals surface area contributed by atoms with E-state index in [0.717, 1.165) is 17.2 Å². The molecule has 0 radical (unpaired) electrons. The molecule has 7 aromatic rings. The maximum absolute atomic E-state index is 5.40. The van der Waals surface area contributed by atoms with E-state index in [0.29, 0.717) is 0 Å². The number of rotatable bonds is 5. The van der Waals surface area contributed by atoms with Gasteiger partial charge >= 0.3 is 0 Å². The number of benzene rings is 6. The highest BCUT2D eigenvalue weighted by molar-refractivity contribution is 6.28. The highest BCUT2D eigenvalue weighted by atomic mass is 16.5. The first-order chi connectivity index (χ1) is 18.3. The number of hydrogen-bond donors (Lipinski definition) is 0. The molecule has 3 heteroatoms. The Kier molecular flexibility index (Phi) is 4.90. The molecule has 0 aliphatic carbocycles. The maximum atomic E-state index is 5.40. The second kappa shape index (κ2) is 8.42. The van der Waals surface area contributed by atoms with Crippen molar-refractivity contribution in [2.45, 2.75) is 0 Å². The fourth-order valence-corrected chi connectivity index (χ4v) is 5.66. The minimum absolute atomic E-state index is 0.862. The van der Waals surface area contributed by atoms with Gasteiger partial charge in [-0.1, -0.05) is 66.7 Å². The summed E-state index contributed by atoms with van der Waals surface area (Å²) < 4.78 is 13.2. The lowest BCUT2D eigenvalue weighted by atomic mass is 9.91. The molecule has 0 saturated carbocycles. The summed E-state index contributed by atoms with van der Waals surface area (Å²) in [6.45, 7) is 0. The molecular weight excluding hydrogens is 454 g/mol. The Hall–Kier alpha value is -4.76. The molecule has 0 N–H and O–H groups in total. The molecular formula is C34H25NO2. The predicted octanol–water partition coefficient (Wildman–Crippen LogP) is 8.73. The lowest BCUT2D eigenvalue weighted by Crippen LogP contribution is -1.93. The molecule has 0 bridgehead atoms. The molecule has 3 nitrogen and oxygen atoms in total. The molecule has 6 aromatic carbocycles. The van der Waals surface area contributed by atoms with Gasteiger partial charge in [0.25, 0.3) is 0 Å². The van der Waals surface area contributed by atoms with Crippen LogP contribution >= 0.6 is 0 Å². The first-order valence-corrected chi connectivity index (χ1v) is 12.4. The highest BCUT2D eigenvalue weighted by Crippen LogP contribution is 2.45. The van der Waals surface area contributed by atoms with Crippen LogP contribution in [0.1, 0.15) is 0 Å². The van der Waals surface area contributed by atoms with Crippen LogP contribution in [0.2, 0.25) is 0 Å². The zero-order valence-electron chi connectivity index (χ0n) is 20.7. The van der Waals surface area contributed by atoms with Crippen LogP contribution in [-0.2, 0) is 0 Å². The van der Waals surface area contributed by atoms with Crippen molar-refractivity contribution >= 4 is 32.6 Å². The van der Waals surface area contributed by atoms with Crippen LogP contribution in [0.4, 0.5) is 0 Å². The second-order valence-electron chi connectivity index (χ2n) is 9.30. The van der Waals surface area contributed by atoms with Crippen molar-refractivity contribution in [3.63, 3.8) is 0 Å². The molecule has 37 heavy (non-hydrogen) atoms. The van der Waals surface area contributed by atoms with Gasteiger partial charge in [-0.25, -0.2) is 0 Å². The summed E-state index contributed by atoms with van der Waals surface area (Å²) in [4.78, 5) is 0. The van der Waals surface area contributed by atoms with Crippen molar-refractivity contribution in [2.24, 2.45) is 0 Å². The number of para-hydroxylation sites is 1. The Morgan fingerprint density at radius 2 is 0.919 bits per heavy atom. The lowest BCUT2D eigenvalue weighted by Gasteiger charge is -2.12. The third-order valence-electron chi connectivity index (χ3n) is 7.41. The van der Waals surface area contributed by atoms with Gasteiger partial charge in [-0.2, -0.15) is 0 Å². The molecule has 7 rings (SSSR count). The van der Waals surface area contributed by atoms with Gasteiger partial charge in [0.2, 0.25) is 0 Å². The number of ether oxygens (including phenoxy) is 2. The van der Waals surface area contributed by atoms with Crippen LogP contribution in [0, 0.1) is 0 Å². The zero-order valence-corrected chi connectivity index (χ0v) is 20.7. The molecule has 0 aliphatic heterocycles. The average Bonchev–Trinajstić information content (AvgIpc) is 3.32. The second-order valence-corrected chi connectivity index (χ2v) is 9.30. The Morgan fingerprint density at radius 1 is 0.459 bits per heavy atom. The normalized spacial score (nSPS) is 11.5. The van der Waals surface area contributed by atoms with E-state index in [4.69, 9.17) is 9.47 Å². The monoisotopic (exact) mass is 479 g/mol. The van der Waals surface area contributed by atoms with E-state index in [-0.39, 0.29) is 0 Å². The largest absolute Gasteiger partial charge is 0.497 e. The van der Waals surface area contributed by atoms with Crippen LogP contribution in [0.3, 0.4) is 0 Å². The van der Waals surface area contributed by atoms with Crippen molar-refractivity contribution in [1.82, 2.24) is 4.57 Å². The molecule has 1 aromatic heterocycles. The first-order valence-electron chi connectivity index (χ1n) is 12.4. The molecule has 0 saturated heterocycles. The van der Waals surface area contributed by atoms with Crippen LogP contribution in [0.25, 0.3) is 60.5 Å². The summed E-state index contributed by atoms with van der Waals surface area (Å²) in [6, 6.07) is 40.9. The minimum atomic E-state index is 0.862.